The van der Waals surface area contributed by atoms with Crippen molar-refractivity contribution in [2.45, 2.75) is 13.3 Å². The summed E-state index contributed by atoms with van der Waals surface area (Å²) in [5.74, 6) is 0.201. The van der Waals surface area contributed by atoms with Crippen molar-refractivity contribution in [1.82, 2.24) is 0 Å². The van der Waals surface area contributed by atoms with E-state index in [9.17, 15) is 9.59 Å². The van der Waals surface area contributed by atoms with Gasteiger partial charge in [-0.15, -0.1) is 0 Å². The molecular formula is C25H23NO4. The maximum absolute atomic E-state index is 12.8. The number of para-hydroxylation sites is 2. The van der Waals surface area contributed by atoms with Crippen LogP contribution >= 0.6 is 0 Å². The Kier molecular flexibility index (Phi) is 7.39. The number of rotatable bonds is 7. The lowest BCUT2D eigenvalue weighted by atomic mass is 10.2. The third kappa shape index (κ3) is 5.82. The molecule has 0 aliphatic heterocycles. The Hall–Kier alpha value is -3.86. The average molecular weight is 401 g/mol. The third-order valence-electron chi connectivity index (χ3n) is 4.20. The Morgan fingerprint density at radius 1 is 0.867 bits per heavy atom. The minimum absolute atomic E-state index is 0.105. The van der Waals surface area contributed by atoms with Crippen molar-refractivity contribution >= 4 is 29.5 Å². The van der Waals surface area contributed by atoms with Gasteiger partial charge in [-0.3, -0.25) is 4.79 Å². The molecule has 152 valence electrons. The number of anilines is 2. The van der Waals surface area contributed by atoms with Crippen LogP contribution < -0.4 is 9.64 Å². The van der Waals surface area contributed by atoms with Gasteiger partial charge in [-0.1, -0.05) is 61.5 Å². The third-order valence-corrected chi connectivity index (χ3v) is 4.20. The lowest BCUT2D eigenvalue weighted by molar-refractivity contribution is -0.134. The predicted molar refractivity (Wildman–Crippen MR) is 118 cm³/mol. The molecule has 0 N–H and O–H groups in total. The summed E-state index contributed by atoms with van der Waals surface area (Å²) >= 11 is 0. The van der Waals surface area contributed by atoms with Crippen LogP contribution in [0, 0.1) is 0 Å². The number of esters is 1. The van der Waals surface area contributed by atoms with Gasteiger partial charge in [0, 0.05) is 6.42 Å². The van der Waals surface area contributed by atoms with Crippen molar-refractivity contribution in [3.8, 4) is 5.75 Å². The molecule has 1 amide bonds. The predicted octanol–water partition coefficient (Wildman–Crippen LogP) is 5.99. The molecule has 0 atom stereocenters. The van der Waals surface area contributed by atoms with E-state index in [1.165, 1.54) is 4.90 Å². The van der Waals surface area contributed by atoms with Crippen LogP contribution in [-0.4, -0.2) is 18.7 Å². The first-order valence-corrected chi connectivity index (χ1v) is 9.71. The molecule has 0 spiro atoms. The zero-order valence-electron chi connectivity index (χ0n) is 16.7. The molecule has 0 fully saturated rings. The first-order valence-electron chi connectivity index (χ1n) is 9.71. The number of hydrogen-bond acceptors (Lipinski definition) is 4. The van der Waals surface area contributed by atoms with E-state index in [2.05, 4.69) is 0 Å². The molecule has 3 rings (SSSR count). The quantitative estimate of drug-likeness (QED) is 0.360. The second-order valence-corrected chi connectivity index (χ2v) is 6.39. The summed E-state index contributed by atoms with van der Waals surface area (Å²) in [4.78, 5) is 25.7. The Morgan fingerprint density at radius 3 is 2.10 bits per heavy atom. The van der Waals surface area contributed by atoms with Gasteiger partial charge < -0.3 is 9.47 Å². The fraction of sp³-hybridized carbons (Fsp3) is 0.120. The molecule has 0 aromatic heterocycles. The van der Waals surface area contributed by atoms with Crippen molar-refractivity contribution < 1.29 is 19.1 Å². The first kappa shape index (κ1) is 20.9. The van der Waals surface area contributed by atoms with Gasteiger partial charge >= 0.3 is 12.1 Å². The van der Waals surface area contributed by atoms with E-state index in [4.69, 9.17) is 9.47 Å². The number of ether oxygens (including phenoxy) is 2. The van der Waals surface area contributed by atoms with Gasteiger partial charge in [0.2, 0.25) is 0 Å². The molecule has 5 nitrogen and oxygen atoms in total. The van der Waals surface area contributed by atoms with Crippen LogP contribution in [-0.2, 0) is 9.53 Å². The molecule has 0 unspecified atom stereocenters. The summed E-state index contributed by atoms with van der Waals surface area (Å²) in [7, 11) is 0. The largest absolute Gasteiger partial charge is 0.445 e. The Morgan fingerprint density at radius 2 is 1.50 bits per heavy atom. The number of nitrogens with zero attached hydrogens (tertiary/aromatic N) is 1. The second kappa shape index (κ2) is 10.6. The molecule has 0 bridgehead atoms. The van der Waals surface area contributed by atoms with Crippen LogP contribution in [0.3, 0.4) is 0 Å². The van der Waals surface area contributed by atoms with Gasteiger partial charge in [-0.25, -0.2) is 9.69 Å². The van der Waals surface area contributed by atoms with Crippen LogP contribution in [0.1, 0.15) is 18.9 Å². The van der Waals surface area contributed by atoms with Crippen LogP contribution in [0.5, 0.6) is 5.75 Å². The van der Waals surface area contributed by atoms with Crippen LogP contribution in [0.15, 0.2) is 91.0 Å². The fourth-order valence-corrected chi connectivity index (χ4v) is 2.77. The molecular weight excluding hydrogens is 378 g/mol. The first-order chi connectivity index (χ1) is 14.7. The molecule has 5 heteroatoms. The highest BCUT2D eigenvalue weighted by Crippen LogP contribution is 2.25. The monoisotopic (exact) mass is 401 g/mol. The van der Waals surface area contributed by atoms with Crippen molar-refractivity contribution in [2.24, 2.45) is 0 Å². The minimum atomic E-state index is -0.470. The normalized spacial score (nSPS) is 10.6. The highest BCUT2D eigenvalue weighted by Gasteiger charge is 2.18. The van der Waals surface area contributed by atoms with Gasteiger partial charge in [0.05, 0.1) is 11.4 Å². The zero-order chi connectivity index (χ0) is 21.2. The summed E-state index contributed by atoms with van der Waals surface area (Å²) < 4.78 is 10.7. The highest BCUT2D eigenvalue weighted by atomic mass is 16.6. The fourth-order valence-electron chi connectivity index (χ4n) is 2.77. The number of amides is 1. The minimum Gasteiger partial charge on any atom is -0.445 e. The molecule has 0 heterocycles. The van der Waals surface area contributed by atoms with Crippen molar-refractivity contribution in [1.29, 1.82) is 0 Å². The Bertz CT molecular complexity index is 960. The smallest absolute Gasteiger partial charge is 0.419 e. The van der Waals surface area contributed by atoms with E-state index in [-0.39, 0.29) is 12.6 Å². The average Bonchev–Trinajstić information content (AvgIpc) is 2.78. The molecule has 3 aromatic rings. The van der Waals surface area contributed by atoms with E-state index in [0.717, 1.165) is 16.9 Å². The van der Waals surface area contributed by atoms with Gasteiger partial charge in [0.1, 0.15) is 12.4 Å². The van der Waals surface area contributed by atoms with Crippen molar-refractivity contribution in [3.63, 3.8) is 0 Å². The van der Waals surface area contributed by atoms with Crippen LogP contribution in [0.4, 0.5) is 16.2 Å². The molecule has 0 aliphatic carbocycles. The number of hydrogen-bond donors (Lipinski definition) is 0. The molecule has 30 heavy (non-hydrogen) atoms. The Labute approximate surface area is 176 Å². The molecule has 0 saturated heterocycles. The van der Waals surface area contributed by atoms with E-state index in [1.54, 1.807) is 31.2 Å². The van der Waals surface area contributed by atoms with Gasteiger partial charge in [0.15, 0.2) is 0 Å². The molecule has 0 radical (unpaired) electrons. The topological polar surface area (TPSA) is 55.8 Å². The Balaban J connectivity index is 1.65. The summed E-state index contributed by atoms with van der Waals surface area (Å²) in [5, 5.41) is 0. The molecule has 3 aromatic carbocycles. The SMILES string of the molecule is CCC(=O)Oc1cccc(/C=C\COC(=O)N(c2ccccc2)c2ccccc2)c1. The lowest BCUT2D eigenvalue weighted by Gasteiger charge is -2.22. The van der Waals surface area contributed by atoms with E-state index < -0.39 is 6.09 Å². The van der Waals surface area contributed by atoms with E-state index >= 15 is 0 Å². The number of carbonyl (C=O) groups is 2. The van der Waals surface area contributed by atoms with Gasteiger partial charge in [-0.05, 0) is 48.0 Å². The maximum Gasteiger partial charge on any atom is 0.419 e. The number of carbonyl (C=O) groups excluding carboxylic acids is 2. The summed E-state index contributed by atoms with van der Waals surface area (Å²) in [6.07, 6.45) is 3.40. The van der Waals surface area contributed by atoms with E-state index in [1.807, 2.05) is 72.8 Å². The molecule has 0 saturated carbocycles. The zero-order valence-corrected chi connectivity index (χ0v) is 16.7. The summed E-state index contributed by atoms with van der Waals surface area (Å²) in [6.45, 7) is 1.85. The van der Waals surface area contributed by atoms with Gasteiger partial charge in [0.25, 0.3) is 0 Å². The highest BCUT2D eigenvalue weighted by molar-refractivity contribution is 5.95. The molecule has 0 aliphatic rings. The van der Waals surface area contributed by atoms with Crippen LogP contribution in [0.25, 0.3) is 6.08 Å². The van der Waals surface area contributed by atoms with Gasteiger partial charge in [-0.2, -0.15) is 0 Å². The van der Waals surface area contributed by atoms with E-state index in [0.29, 0.717) is 12.2 Å². The second-order valence-electron chi connectivity index (χ2n) is 6.39. The van der Waals surface area contributed by atoms with Crippen molar-refractivity contribution in [2.75, 3.05) is 11.5 Å². The summed E-state index contributed by atoms with van der Waals surface area (Å²) in [6, 6.07) is 25.9. The standard InChI is InChI=1S/C25H23NO4/c1-2-24(27)30-23-17-9-11-20(19-23)12-10-18-29-25(28)26(21-13-5-3-6-14-21)22-15-7-4-8-16-22/h3-17,19H,2,18H2,1H3/b12-10-. The van der Waals surface area contributed by atoms with Crippen LogP contribution in [0.2, 0.25) is 0 Å². The maximum atomic E-state index is 12.8. The lowest BCUT2D eigenvalue weighted by Crippen LogP contribution is -2.26. The van der Waals surface area contributed by atoms with Crippen molar-refractivity contribution in [3.05, 3.63) is 96.6 Å². The summed E-state index contributed by atoms with van der Waals surface area (Å²) in [5.41, 5.74) is 2.29. The number of benzene rings is 3.